The minimum absolute atomic E-state index is 0.0645. The van der Waals surface area contributed by atoms with E-state index >= 15 is 0 Å². The molecule has 2 aliphatic heterocycles. The average molecular weight is 389 g/mol. The first-order valence-electron chi connectivity index (χ1n) is 9.97. The molecule has 0 saturated carbocycles. The SMILES string of the molecule is COc1ccc(CCN2CC(C(=O)N3CCNC(C)C3C)CC2=O)cc1OC. The molecule has 0 radical (unpaired) electrons. The summed E-state index contributed by atoms with van der Waals surface area (Å²) in [6.07, 6.45) is 1.03. The van der Waals surface area contributed by atoms with Crippen LogP contribution < -0.4 is 14.8 Å². The first kappa shape index (κ1) is 20.5. The molecule has 1 N–H and O–H groups in total. The van der Waals surface area contributed by atoms with Crippen LogP contribution in [-0.2, 0) is 16.0 Å². The van der Waals surface area contributed by atoms with E-state index in [1.165, 1.54) is 0 Å². The molecule has 2 fully saturated rings. The van der Waals surface area contributed by atoms with E-state index in [-0.39, 0.29) is 29.8 Å². The second-order valence-electron chi connectivity index (χ2n) is 7.70. The highest BCUT2D eigenvalue weighted by Crippen LogP contribution is 2.28. The first-order chi connectivity index (χ1) is 13.4. The molecule has 0 aliphatic carbocycles. The van der Waals surface area contributed by atoms with Crippen molar-refractivity contribution in [3.8, 4) is 11.5 Å². The van der Waals surface area contributed by atoms with E-state index in [0.29, 0.717) is 44.0 Å². The summed E-state index contributed by atoms with van der Waals surface area (Å²) in [5.41, 5.74) is 1.07. The van der Waals surface area contributed by atoms with Crippen LogP contribution in [0.2, 0.25) is 0 Å². The number of rotatable bonds is 6. The van der Waals surface area contributed by atoms with Crippen LogP contribution in [0, 0.1) is 5.92 Å². The molecule has 0 spiro atoms. The van der Waals surface area contributed by atoms with Crippen molar-refractivity contribution in [2.45, 2.75) is 38.8 Å². The number of carbonyl (C=O) groups excluding carboxylic acids is 2. The number of carbonyl (C=O) groups is 2. The molecular formula is C21H31N3O4. The summed E-state index contributed by atoms with van der Waals surface area (Å²) in [6.45, 7) is 6.79. The van der Waals surface area contributed by atoms with Gasteiger partial charge in [0.1, 0.15) is 0 Å². The van der Waals surface area contributed by atoms with E-state index in [9.17, 15) is 9.59 Å². The summed E-state index contributed by atoms with van der Waals surface area (Å²) in [7, 11) is 3.22. The summed E-state index contributed by atoms with van der Waals surface area (Å²) in [6, 6.07) is 6.22. The number of hydrogen-bond acceptors (Lipinski definition) is 5. The van der Waals surface area contributed by atoms with Gasteiger partial charge in [-0.15, -0.1) is 0 Å². The van der Waals surface area contributed by atoms with Gasteiger partial charge in [-0.3, -0.25) is 9.59 Å². The predicted octanol–water partition coefficient (Wildman–Crippen LogP) is 1.30. The number of hydrogen-bond donors (Lipinski definition) is 1. The van der Waals surface area contributed by atoms with Crippen molar-refractivity contribution in [1.29, 1.82) is 0 Å². The van der Waals surface area contributed by atoms with E-state index in [4.69, 9.17) is 9.47 Å². The van der Waals surface area contributed by atoms with Gasteiger partial charge in [0.05, 0.1) is 20.1 Å². The minimum atomic E-state index is -0.231. The van der Waals surface area contributed by atoms with Crippen LogP contribution in [0.1, 0.15) is 25.8 Å². The van der Waals surface area contributed by atoms with Crippen molar-refractivity contribution in [1.82, 2.24) is 15.1 Å². The molecule has 7 heteroatoms. The van der Waals surface area contributed by atoms with E-state index < -0.39 is 0 Å². The molecule has 1 aromatic carbocycles. The molecule has 28 heavy (non-hydrogen) atoms. The van der Waals surface area contributed by atoms with Crippen molar-refractivity contribution in [3.63, 3.8) is 0 Å². The Labute approximate surface area is 167 Å². The van der Waals surface area contributed by atoms with E-state index in [2.05, 4.69) is 19.2 Å². The van der Waals surface area contributed by atoms with Gasteiger partial charge < -0.3 is 24.6 Å². The van der Waals surface area contributed by atoms with E-state index in [1.54, 1.807) is 14.2 Å². The third-order valence-corrected chi connectivity index (χ3v) is 6.00. The number of ether oxygens (including phenoxy) is 2. The molecule has 2 amide bonds. The fraction of sp³-hybridized carbons (Fsp3) is 0.619. The Balaban J connectivity index is 1.58. The van der Waals surface area contributed by atoms with Crippen LogP contribution in [0.3, 0.4) is 0 Å². The number of nitrogens with zero attached hydrogens (tertiary/aromatic N) is 2. The second-order valence-corrected chi connectivity index (χ2v) is 7.70. The Bertz CT molecular complexity index is 724. The van der Waals surface area contributed by atoms with Gasteiger partial charge in [-0.05, 0) is 38.0 Å². The van der Waals surface area contributed by atoms with Gasteiger partial charge in [0.25, 0.3) is 0 Å². The van der Waals surface area contributed by atoms with Crippen LogP contribution in [0.4, 0.5) is 0 Å². The number of benzene rings is 1. The largest absolute Gasteiger partial charge is 0.493 e. The molecule has 0 bridgehead atoms. The van der Waals surface area contributed by atoms with Crippen molar-refractivity contribution in [2.24, 2.45) is 5.92 Å². The van der Waals surface area contributed by atoms with E-state index in [0.717, 1.165) is 12.1 Å². The van der Waals surface area contributed by atoms with Crippen LogP contribution in [-0.4, -0.2) is 74.1 Å². The van der Waals surface area contributed by atoms with Gasteiger partial charge in [-0.2, -0.15) is 0 Å². The highest BCUT2D eigenvalue weighted by Gasteiger charge is 2.39. The molecule has 154 valence electrons. The highest BCUT2D eigenvalue weighted by atomic mass is 16.5. The minimum Gasteiger partial charge on any atom is -0.493 e. The number of nitrogens with one attached hydrogen (secondary N) is 1. The average Bonchev–Trinajstić information content (AvgIpc) is 3.08. The van der Waals surface area contributed by atoms with Gasteiger partial charge in [-0.1, -0.05) is 6.07 Å². The lowest BCUT2D eigenvalue weighted by molar-refractivity contribution is -0.139. The quantitative estimate of drug-likeness (QED) is 0.794. The second kappa shape index (κ2) is 8.82. The van der Waals surface area contributed by atoms with Gasteiger partial charge >= 0.3 is 0 Å². The summed E-state index contributed by atoms with van der Waals surface area (Å²) in [4.78, 5) is 29.2. The lowest BCUT2D eigenvalue weighted by Gasteiger charge is -2.39. The molecule has 1 aromatic rings. The Morgan fingerprint density at radius 1 is 1.21 bits per heavy atom. The zero-order valence-electron chi connectivity index (χ0n) is 17.2. The Morgan fingerprint density at radius 2 is 1.96 bits per heavy atom. The zero-order chi connectivity index (χ0) is 20.3. The summed E-state index contributed by atoms with van der Waals surface area (Å²) in [5, 5.41) is 3.39. The predicted molar refractivity (Wildman–Crippen MR) is 107 cm³/mol. The number of amides is 2. The maximum atomic E-state index is 13.0. The van der Waals surface area contributed by atoms with E-state index in [1.807, 2.05) is 28.0 Å². The third kappa shape index (κ3) is 4.24. The molecular weight excluding hydrogens is 358 g/mol. The van der Waals surface area contributed by atoms with Gasteiger partial charge in [-0.25, -0.2) is 0 Å². The van der Waals surface area contributed by atoms with Crippen molar-refractivity contribution in [3.05, 3.63) is 23.8 Å². The fourth-order valence-electron chi connectivity index (χ4n) is 4.06. The van der Waals surface area contributed by atoms with Crippen LogP contribution in [0.5, 0.6) is 11.5 Å². The maximum Gasteiger partial charge on any atom is 0.228 e. The molecule has 0 aromatic heterocycles. The Kier molecular flexibility index (Phi) is 6.44. The lowest BCUT2D eigenvalue weighted by atomic mass is 10.0. The molecule has 2 aliphatic rings. The monoisotopic (exact) mass is 389 g/mol. The summed E-state index contributed by atoms with van der Waals surface area (Å²) < 4.78 is 10.6. The van der Waals surface area contributed by atoms with Crippen molar-refractivity contribution < 1.29 is 19.1 Å². The maximum absolute atomic E-state index is 13.0. The van der Waals surface area contributed by atoms with Crippen molar-refractivity contribution in [2.75, 3.05) is 40.4 Å². The number of piperazine rings is 1. The Hall–Kier alpha value is -2.28. The summed E-state index contributed by atoms with van der Waals surface area (Å²) in [5.74, 6) is 1.32. The van der Waals surface area contributed by atoms with Gasteiger partial charge in [0.2, 0.25) is 11.8 Å². The normalized spacial score (nSPS) is 25.1. The molecule has 2 heterocycles. The van der Waals surface area contributed by atoms with Crippen molar-refractivity contribution >= 4 is 11.8 Å². The number of likely N-dealkylation sites (tertiary alicyclic amines) is 1. The lowest BCUT2D eigenvalue weighted by Crippen LogP contribution is -2.58. The molecule has 3 rings (SSSR count). The molecule has 3 atom stereocenters. The van der Waals surface area contributed by atoms with Crippen LogP contribution in [0.15, 0.2) is 18.2 Å². The topological polar surface area (TPSA) is 71.1 Å². The first-order valence-corrected chi connectivity index (χ1v) is 9.97. The third-order valence-electron chi connectivity index (χ3n) is 6.00. The molecule has 2 saturated heterocycles. The van der Waals surface area contributed by atoms with Crippen LogP contribution in [0.25, 0.3) is 0 Å². The summed E-state index contributed by atoms with van der Waals surface area (Å²) >= 11 is 0. The molecule has 3 unspecified atom stereocenters. The Morgan fingerprint density at radius 3 is 2.68 bits per heavy atom. The number of methoxy groups -OCH3 is 2. The fourth-order valence-corrected chi connectivity index (χ4v) is 4.06. The van der Waals surface area contributed by atoms with Gasteiger partial charge in [0, 0.05) is 44.7 Å². The highest BCUT2D eigenvalue weighted by molar-refractivity contribution is 5.89. The smallest absolute Gasteiger partial charge is 0.228 e. The van der Waals surface area contributed by atoms with Crippen LogP contribution >= 0.6 is 0 Å². The standard InChI is InChI=1S/C21H31N3O4/c1-14-15(2)24(10-8-22-14)21(26)17-12-20(25)23(13-17)9-7-16-5-6-18(27-3)19(11-16)28-4/h5-6,11,14-15,17,22H,7-10,12-13H2,1-4H3. The molecule has 7 nitrogen and oxygen atoms in total. The zero-order valence-corrected chi connectivity index (χ0v) is 17.2. The van der Waals surface area contributed by atoms with Gasteiger partial charge in [0.15, 0.2) is 11.5 Å².